The Hall–Kier alpha value is -2.41. The Morgan fingerprint density at radius 1 is 1.00 bits per heavy atom. The first-order valence-electron chi connectivity index (χ1n) is 7.71. The van der Waals surface area contributed by atoms with Crippen molar-refractivity contribution in [3.05, 3.63) is 35.4 Å². The summed E-state index contributed by atoms with van der Waals surface area (Å²) in [6.07, 6.45) is -0.807. The standard InChI is InChI=1S/C17H25N3O4/c1-12-5-7-13(8-6-12)9-19-14(21)10-18-11-15(22)20-16(23)24-17(2,3)4/h5-8,18H,9-11H2,1-4H3,(H,19,21)(H,20,22,23). The Bertz CT molecular complexity index is 576. The van der Waals surface area contributed by atoms with E-state index in [9.17, 15) is 14.4 Å². The molecule has 0 saturated heterocycles. The number of aryl methyl sites for hydroxylation is 1. The van der Waals surface area contributed by atoms with Gasteiger partial charge < -0.3 is 10.1 Å². The summed E-state index contributed by atoms with van der Waals surface area (Å²) < 4.78 is 4.95. The summed E-state index contributed by atoms with van der Waals surface area (Å²) in [4.78, 5) is 34.6. The minimum Gasteiger partial charge on any atom is -0.444 e. The van der Waals surface area contributed by atoms with E-state index in [0.717, 1.165) is 11.1 Å². The number of benzene rings is 1. The first-order valence-corrected chi connectivity index (χ1v) is 7.71. The predicted octanol–water partition coefficient (Wildman–Crippen LogP) is 1.25. The third-order valence-corrected chi connectivity index (χ3v) is 2.82. The molecular weight excluding hydrogens is 310 g/mol. The molecule has 1 rings (SSSR count). The van der Waals surface area contributed by atoms with Gasteiger partial charge in [0.25, 0.3) is 0 Å². The number of hydrogen-bond acceptors (Lipinski definition) is 5. The number of hydrogen-bond donors (Lipinski definition) is 3. The van der Waals surface area contributed by atoms with Gasteiger partial charge in [-0.3, -0.25) is 20.2 Å². The normalized spacial score (nSPS) is 10.8. The molecule has 0 aliphatic carbocycles. The van der Waals surface area contributed by atoms with E-state index < -0.39 is 17.6 Å². The quantitative estimate of drug-likeness (QED) is 0.727. The second-order valence-electron chi connectivity index (χ2n) is 6.42. The van der Waals surface area contributed by atoms with Crippen molar-refractivity contribution >= 4 is 17.9 Å². The van der Waals surface area contributed by atoms with Crippen molar-refractivity contribution in [3.8, 4) is 0 Å². The lowest BCUT2D eigenvalue weighted by Crippen LogP contribution is -2.43. The van der Waals surface area contributed by atoms with Gasteiger partial charge in [-0.15, -0.1) is 0 Å². The molecule has 0 saturated carbocycles. The maximum absolute atomic E-state index is 11.7. The summed E-state index contributed by atoms with van der Waals surface area (Å²) in [7, 11) is 0. The van der Waals surface area contributed by atoms with Crippen molar-refractivity contribution in [1.82, 2.24) is 16.0 Å². The summed E-state index contributed by atoms with van der Waals surface area (Å²) in [5.41, 5.74) is 1.48. The van der Waals surface area contributed by atoms with Crippen LogP contribution in [0.15, 0.2) is 24.3 Å². The molecule has 3 amide bonds. The molecule has 0 atom stereocenters. The van der Waals surface area contributed by atoms with Crippen LogP contribution in [0.25, 0.3) is 0 Å². The van der Waals surface area contributed by atoms with Crippen LogP contribution in [0.3, 0.4) is 0 Å². The third kappa shape index (κ3) is 8.89. The van der Waals surface area contributed by atoms with Crippen LogP contribution in [0.5, 0.6) is 0 Å². The van der Waals surface area contributed by atoms with Crippen LogP contribution >= 0.6 is 0 Å². The topological polar surface area (TPSA) is 96.5 Å². The highest BCUT2D eigenvalue weighted by Crippen LogP contribution is 2.06. The third-order valence-electron chi connectivity index (χ3n) is 2.82. The first-order chi connectivity index (χ1) is 11.2. The number of carbonyl (C=O) groups excluding carboxylic acids is 3. The average Bonchev–Trinajstić information content (AvgIpc) is 2.44. The van der Waals surface area contributed by atoms with Crippen LogP contribution in [-0.2, 0) is 20.9 Å². The highest BCUT2D eigenvalue weighted by molar-refractivity contribution is 5.93. The molecule has 132 valence electrons. The van der Waals surface area contributed by atoms with Crippen LogP contribution in [0, 0.1) is 6.92 Å². The Morgan fingerprint density at radius 2 is 1.58 bits per heavy atom. The molecule has 0 spiro atoms. The Morgan fingerprint density at radius 3 is 2.17 bits per heavy atom. The van der Waals surface area contributed by atoms with Crippen LogP contribution in [-0.4, -0.2) is 36.6 Å². The zero-order chi connectivity index (χ0) is 18.2. The molecule has 3 N–H and O–H groups in total. The molecule has 0 aliphatic heterocycles. The van der Waals surface area contributed by atoms with Gasteiger partial charge in [0.1, 0.15) is 5.60 Å². The summed E-state index contributed by atoms with van der Waals surface area (Å²) in [5, 5.41) is 7.48. The van der Waals surface area contributed by atoms with Gasteiger partial charge in [-0.25, -0.2) is 4.79 Å². The molecule has 1 aromatic rings. The van der Waals surface area contributed by atoms with Crippen LogP contribution in [0.4, 0.5) is 4.79 Å². The van der Waals surface area contributed by atoms with Gasteiger partial charge in [-0.05, 0) is 33.3 Å². The number of amides is 3. The fourth-order valence-corrected chi connectivity index (χ4v) is 1.72. The van der Waals surface area contributed by atoms with E-state index in [2.05, 4.69) is 16.0 Å². The van der Waals surface area contributed by atoms with E-state index in [1.807, 2.05) is 31.2 Å². The molecule has 7 heteroatoms. The van der Waals surface area contributed by atoms with E-state index in [0.29, 0.717) is 6.54 Å². The predicted molar refractivity (Wildman–Crippen MR) is 90.3 cm³/mol. The Kier molecular flexibility index (Phi) is 7.38. The van der Waals surface area contributed by atoms with Gasteiger partial charge in [0.2, 0.25) is 11.8 Å². The molecule has 0 aromatic heterocycles. The molecule has 1 aromatic carbocycles. The minimum absolute atomic E-state index is 0.0202. The molecular formula is C17H25N3O4. The van der Waals surface area contributed by atoms with Gasteiger partial charge >= 0.3 is 6.09 Å². The van der Waals surface area contributed by atoms with Gasteiger partial charge in [-0.2, -0.15) is 0 Å². The molecule has 24 heavy (non-hydrogen) atoms. The molecule has 0 bridgehead atoms. The molecule has 7 nitrogen and oxygen atoms in total. The molecule has 0 fully saturated rings. The zero-order valence-electron chi connectivity index (χ0n) is 14.6. The van der Waals surface area contributed by atoms with Crippen molar-refractivity contribution in [2.75, 3.05) is 13.1 Å². The fraction of sp³-hybridized carbons (Fsp3) is 0.471. The van der Waals surface area contributed by atoms with Crippen molar-refractivity contribution in [3.63, 3.8) is 0 Å². The van der Waals surface area contributed by atoms with E-state index in [4.69, 9.17) is 4.74 Å². The summed E-state index contributed by atoms with van der Waals surface area (Å²) in [6.45, 7) is 7.35. The fourth-order valence-electron chi connectivity index (χ4n) is 1.72. The minimum atomic E-state index is -0.807. The van der Waals surface area contributed by atoms with Crippen molar-refractivity contribution in [2.45, 2.75) is 39.8 Å². The van der Waals surface area contributed by atoms with Crippen molar-refractivity contribution in [1.29, 1.82) is 0 Å². The molecule has 0 radical (unpaired) electrons. The maximum Gasteiger partial charge on any atom is 0.414 e. The largest absolute Gasteiger partial charge is 0.444 e. The number of ether oxygens (including phenoxy) is 1. The van der Waals surface area contributed by atoms with Crippen molar-refractivity contribution in [2.24, 2.45) is 0 Å². The summed E-state index contributed by atoms with van der Waals surface area (Å²) in [6, 6.07) is 7.83. The lowest BCUT2D eigenvalue weighted by atomic mass is 10.1. The Labute approximate surface area is 142 Å². The smallest absolute Gasteiger partial charge is 0.414 e. The van der Waals surface area contributed by atoms with Gasteiger partial charge in [-0.1, -0.05) is 29.8 Å². The number of nitrogens with one attached hydrogen (secondary N) is 3. The van der Waals surface area contributed by atoms with Crippen LogP contribution in [0.1, 0.15) is 31.9 Å². The SMILES string of the molecule is Cc1ccc(CNC(=O)CNCC(=O)NC(=O)OC(C)(C)C)cc1. The molecule has 0 heterocycles. The maximum atomic E-state index is 11.7. The number of imide groups is 1. The number of rotatable bonds is 6. The van der Waals surface area contributed by atoms with Gasteiger partial charge in [0.05, 0.1) is 13.1 Å². The number of carbonyl (C=O) groups is 3. The average molecular weight is 335 g/mol. The zero-order valence-corrected chi connectivity index (χ0v) is 14.6. The summed E-state index contributed by atoms with van der Waals surface area (Å²) in [5.74, 6) is -0.795. The first kappa shape index (κ1) is 19.6. The molecule has 0 unspecified atom stereocenters. The lowest BCUT2D eigenvalue weighted by Gasteiger charge is -2.19. The Balaban J connectivity index is 2.19. The van der Waals surface area contributed by atoms with Gasteiger partial charge in [0.15, 0.2) is 0 Å². The number of alkyl carbamates (subject to hydrolysis) is 1. The van der Waals surface area contributed by atoms with E-state index >= 15 is 0 Å². The van der Waals surface area contributed by atoms with Crippen LogP contribution in [0.2, 0.25) is 0 Å². The van der Waals surface area contributed by atoms with E-state index in [1.54, 1.807) is 20.8 Å². The lowest BCUT2D eigenvalue weighted by molar-refractivity contribution is -0.121. The summed E-state index contributed by atoms with van der Waals surface area (Å²) >= 11 is 0. The highest BCUT2D eigenvalue weighted by atomic mass is 16.6. The van der Waals surface area contributed by atoms with Crippen LogP contribution < -0.4 is 16.0 Å². The highest BCUT2D eigenvalue weighted by Gasteiger charge is 2.17. The van der Waals surface area contributed by atoms with E-state index in [-0.39, 0.29) is 19.0 Å². The second kappa shape index (κ2) is 9.02. The molecule has 0 aliphatic rings. The second-order valence-corrected chi connectivity index (χ2v) is 6.42. The van der Waals surface area contributed by atoms with E-state index in [1.165, 1.54) is 0 Å². The monoisotopic (exact) mass is 335 g/mol. The van der Waals surface area contributed by atoms with Gasteiger partial charge in [0, 0.05) is 6.54 Å². The van der Waals surface area contributed by atoms with Crippen molar-refractivity contribution < 1.29 is 19.1 Å².